The molecule has 18 heavy (non-hydrogen) atoms. The topological polar surface area (TPSA) is 9.23 Å². The van der Waals surface area contributed by atoms with Crippen LogP contribution >= 0.6 is 15.9 Å². The van der Waals surface area contributed by atoms with Crippen molar-refractivity contribution in [3.63, 3.8) is 0 Å². The second-order valence-corrected chi connectivity index (χ2v) is 4.94. The van der Waals surface area contributed by atoms with E-state index in [1.807, 2.05) is 24.3 Å². The summed E-state index contributed by atoms with van der Waals surface area (Å²) in [5.41, 5.74) is 0. The number of fused-ring (bicyclic) bond motifs is 2. The number of methoxy groups -OCH3 is 1. The molecular formula is C15H10BrFO. The Labute approximate surface area is 112 Å². The molecule has 0 aliphatic rings. The summed E-state index contributed by atoms with van der Waals surface area (Å²) in [6.45, 7) is 0. The molecule has 0 heterocycles. The Bertz CT molecular complexity index is 752. The predicted molar refractivity (Wildman–Crippen MR) is 75.7 cm³/mol. The van der Waals surface area contributed by atoms with Crippen LogP contribution in [0.5, 0.6) is 5.75 Å². The van der Waals surface area contributed by atoms with Gasteiger partial charge in [0.2, 0.25) is 0 Å². The molecule has 0 fully saturated rings. The maximum absolute atomic E-state index is 13.2. The number of hydrogen-bond donors (Lipinski definition) is 0. The van der Waals surface area contributed by atoms with Gasteiger partial charge < -0.3 is 4.74 Å². The van der Waals surface area contributed by atoms with Gasteiger partial charge in [-0.05, 0) is 62.4 Å². The molecule has 0 spiro atoms. The van der Waals surface area contributed by atoms with Crippen LogP contribution in [0.2, 0.25) is 0 Å². The second kappa shape index (κ2) is 4.25. The average molecular weight is 305 g/mol. The molecule has 3 rings (SSSR count). The van der Waals surface area contributed by atoms with Crippen LogP contribution in [0.1, 0.15) is 0 Å². The fourth-order valence-corrected chi connectivity index (χ4v) is 2.78. The van der Waals surface area contributed by atoms with E-state index >= 15 is 0 Å². The van der Waals surface area contributed by atoms with Crippen LogP contribution in [-0.4, -0.2) is 7.11 Å². The lowest BCUT2D eigenvalue weighted by molar-refractivity contribution is 0.413. The van der Waals surface area contributed by atoms with E-state index in [-0.39, 0.29) is 5.82 Å². The highest BCUT2D eigenvalue weighted by Crippen LogP contribution is 2.35. The van der Waals surface area contributed by atoms with Gasteiger partial charge in [-0.3, -0.25) is 0 Å². The summed E-state index contributed by atoms with van der Waals surface area (Å²) in [7, 11) is 1.63. The molecule has 90 valence electrons. The molecule has 0 N–H and O–H groups in total. The van der Waals surface area contributed by atoms with Crippen LogP contribution in [0.25, 0.3) is 21.5 Å². The molecule has 0 saturated heterocycles. The molecule has 0 atom stereocenters. The van der Waals surface area contributed by atoms with Crippen molar-refractivity contribution in [2.45, 2.75) is 0 Å². The van der Waals surface area contributed by atoms with Crippen LogP contribution in [0.3, 0.4) is 0 Å². The summed E-state index contributed by atoms with van der Waals surface area (Å²) >= 11 is 3.53. The van der Waals surface area contributed by atoms with Crippen LogP contribution in [-0.2, 0) is 0 Å². The van der Waals surface area contributed by atoms with Crippen molar-refractivity contribution in [1.82, 2.24) is 0 Å². The molecule has 3 aromatic rings. The van der Waals surface area contributed by atoms with Gasteiger partial charge in [0.15, 0.2) is 0 Å². The summed E-state index contributed by atoms with van der Waals surface area (Å²) < 4.78 is 19.4. The molecule has 0 saturated carbocycles. The lowest BCUT2D eigenvalue weighted by Gasteiger charge is -2.08. The molecule has 0 bridgehead atoms. The Balaban J connectivity index is 2.42. The fraction of sp³-hybridized carbons (Fsp3) is 0.0667. The maximum Gasteiger partial charge on any atom is 0.133 e. The van der Waals surface area contributed by atoms with Crippen LogP contribution in [0.4, 0.5) is 4.39 Å². The molecule has 3 aromatic carbocycles. The number of ether oxygens (including phenoxy) is 1. The Morgan fingerprint density at radius 3 is 2.50 bits per heavy atom. The molecule has 0 aliphatic heterocycles. The first-order valence-electron chi connectivity index (χ1n) is 5.54. The molecule has 0 aromatic heterocycles. The number of halogens is 2. The minimum absolute atomic E-state index is 0.221. The molecule has 1 nitrogen and oxygen atoms in total. The monoisotopic (exact) mass is 304 g/mol. The lowest BCUT2D eigenvalue weighted by atomic mass is 10.0. The lowest BCUT2D eigenvalue weighted by Crippen LogP contribution is -1.86. The Morgan fingerprint density at radius 2 is 1.72 bits per heavy atom. The highest BCUT2D eigenvalue weighted by atomic mass is 79.9. The van der Waals surface area contributed by atoms with Crippen molar-refractivity contribution in [2.75, 3.05) is 7.11 Å². The number of benzene rings is 3. The van der Waals surface area contributed by atoms with E-state index in [1.54, 1.807) is 19.2 Å². The van der Waals surface area contributed by atoms with Crippen molar-refractivity contribution >= 4 is 37.5 Å². The van der Waals surface area contributed by atoms with Gasteiger partial charge in [-0.2, -0.15) is 0 Å². The normalized spacial score (nSPS) is 11.1. The quantitative estimate of drug-likeness (QED) is 0.581. The van der Waals surface area contributed by atoms with E-state index < -0.39 is 0 Å². The standard InChI is InChI=1S/C15H10BrFO/c1-18-14-5-3-10-6-9-2-4-12(17)7-11(9)8-13(10)15(14)16/h2-8H,1H3. The smallest absolute Gasteiger partial charge is 0.133 e. The van der Waals surface area contributed by atoms with Crippen LogP contribution < -0.4 is 4.74 Å². The Hall–Kier alpha value is -1.61. The summed E-state index contributed by atoms with van der Waals surface area (Å²) in [5, 5.41) is 4.03. The van der Waals surface area contributed by atoms with Gasteiger partial charge >= 0.3 is 0 Å². The molecule has 0 amide bonds. The van der Waals surface area contributed by atoms with Crippen molar-refractivity contribution in [2.24, 2.45) is 0 Å². The predicted octanol–water partition coefficient (Wildman–Crippen LogP) is 4.90. The molecule has 0 unspecified atom stereocenters. The number of hydrogen-bond acceptors (Lipinski definition) is 1. The van der Waals surface area contributed by atoms with Crippen molar-refractivity contribution in [3.8, 4) is 5.75 Å². The van der Waals surface area contributed by atoms with Crippen molar-refractivity contribution in [1.29, 1.82) is 0 Å². The zero-order chi connectivity index (χ0) is 12.7. The third-order valence-corrected chi connectivity index (χ3v) is 3.88. The van der Waals surface area contributed by atoms with E-state index in [2.05, 4.69) is 15.9 Å². The van der Waals surface area contributed by atoms with Gasteiger partial charge in [0.1, 0.15) is 11.6 Å². The molecule has 0 radical (unpaired) electrons. The van der Waals surface area contributed by atoms with Gasteiger partial charge in [-0.15, -0.1) is 0 Å². The van der Waals surface area contributed by atoms with Gasteiger partial charge in [0.25, 0.3) is 0 Å². The van der Waals surface area contributed by atoms with Crippen LogP contribution in [0.15, 0.2) is 46.9 Å². The third kappa shape index (κ3) is 1.75. The van der Waals surface area contributed by atoms with Crippen LogP contribution in [0, 0.1) is 5.82 Å². The summed E-state index contributed by atoms with van der Waals surface area (Å²) in [6.07, 6.45) is 0. The molecule has 0 aliphatic carbocycles. The van der Waals surface area contributed by atoms with Crippen molar-refractivity contribution in [3.05, 3.63) is 52.8 Å². The van der Waals surface area contributed by atoms with Gasteiger partial charge in [-0.1, -0.05) is 12.1 Å². The second-order valence-electron chi connectivity index (χ2n) is 4.15. The van der Waals surface area contributed by atoms with E-state index in [0.717, 1.165) is 31.8 Å². The minimum Gasteiger partial charge on any atom is -0.496 e. The summed E-state index contributed by atoms with van der Waals surface area (Å²) in [5.74, 6) is 0.555. The Kier molecular flexibility index (Phi) is 2.71. The van der Waals surface area contributed by atoms with Gasteiger partial charge in [-0.25, -0.2) is 4.39 Å². The summed E-state index contributed by atoms with van der Waals surface area (Å²) in [4.78, 5) is 0. The van der Waals surface area contributed by atoms with Gasteiger partial charge in [0.05, 0.1) is 11.6 Å². The van der Waals surface area contributed by atoms with E-state index in [0.29, 0.717) is 0 Å². The zero-order valence-electron chi connectivity index (χ0n) is 9.71. The fourth-order valence-electron chi connectivity index (χ4n) is 2.14. The zero-order valence-corrected chi connectivity index (χ0v) is 11.3. The summed E-state index contributed by atoms with van der Waals surface area (Å²) in [6, 6.07) is 12.8. The SMILES string of the molecule is COc1ccc2cc3ccc(F)cc3cc2c1Br. The first kappa shape index (κ1) is 11.5. The maximum atomic E-state index is 13.2. The third-order valence-electron chi connectivity index (χ3n) is 3.06. The van der Waals surface area contributed by atoms with E-state index in [4.69, 9.17) is 4.74 Å². The van der Waals surface area contributed by atoms with E-state index in [9.17, 15) is 4.39 Å². The minimum atomic E-state index is -0.221. The Morgan fingerprint density at radius 1 is 0.944 bits per heavy atom. The first-order chi connectivity index (χ1) is 8.69. The highest BCUT2D eigenvalue weighted by Gasteiger charge is 2.07. The number of rotatable bonds is 1. The van der Waals surface area contributed by atoms with Crippen molar-refractivity contribution < 1.29 is 9.13 Å². The largest absolute Gasteiger partial charge is 0.496 e. The molecule has 3 heteroatoms. The first-order valence-corrected chi connectivity index (χ1v) is 6.34. The molecular weight excluding hydrogens is 295 g/mol. The van der Waals surface area contributed by atoms with Gasteiger partial charge in [0, 0.05) is 5.39 Å². The van der Waals surface area contributed by atoms with E-state index in [1.165, 1.54) is 6.07 Å². The average Bonchev–Trinajstić information content (AvgIpc) is 2.38. The highest BCUT2D eigenvalue weighted by molar-refractivity contribution is 9.10.